The topological polar surface area (TPSA) is 90.9 Å². The molecule has 0 saturated heterocycles. The molecule has 4 rings (SSSR count). The van der Waals surface area contributed by atoms with Crippen molar-refractivity contribution >= 4 is 51.3 Å². The molecule has 0 saturated carbocycles. The van der Waals surface area contributed by atoms with Crippen LogP contribution in [0.5, 0.6) is 5.75 Å². The van der Waals surface area contributed by atoms with E-state index in [2.05, 4.69) is 68.4 Å². The highest BCUT2D eigenvalue weighted by Gasteiger charge is 2.20. The smallest absolute Gasteiger partial charge is 0.175 e. The highest BCUT2D eigenvalue weighted by atomic mass is 131. The lowest BCUT2D eigenvalue weighted by Gasteiger charge is -2.11. The molecule has 1 aromatic carbocycles. The van der Waals surface area contributed by atoms with Gasteiger partial charge < -0.3 is 20.4 Å². The van der Waals surface area contributed by atoms with E-state index in [-0.39, 0.29) is 0 Å². The van der Waals surface area contributed by atoms with Gasteiger partial charge in [-0.25, -0.2) is 15.0 Å². The number of fused-ring (bicyclic) bond motifs is 2. The first-order valence-electron chi connectivity index (χ1n) is 9.36. The Morgan fingerprint density at radius 1 is 1.36 bits per heavy atom. The summed E-state index contributed by atoms with van der Waals surface area (Å²) in [5.41, 5.74) is 8.78. The van der Waals surface area contributed by atoms with Crippen molar-refractivity contribution in [3.63, 3.8) is 0 Å². The Balaban J connectivity index is 1.66. The molecular weight excluding hydrogens is 491 g/mol. The van der Waals surface area contributed by atoms with Crippen LogP contribution in [0.25, 0.3) is 11.2 Å². The first kappa shape index (κ1) is 19.7. The van der Waals surface area contributed by atoms with Gasteiger partial charge in [-0.15, -0.1) is 0 Å². The lowest BCUT2D eigenvalue weighted by Crippen LogP contribution is -2.24. The number of hydrogen-bond acceptors (Lipinski definition) is 7. The molecule has 2 aromatic heterocycles. The van der Waals surface area contributed by atoms with Gasteiger partial charge in [-0.05, 0) is 53.3 Å². The third-order valence-corrected chi connectivity index (χ3v) is 6.89. The molecule has 0 bridgehead atoms. The number of rotatable bonds is 7. The largest absolute Gasteiger partial charge is 0.493 e. The maximum atomic E-state index is 6.06. The number of nitrogens with zero attached hydrogens (tertiary/aromatic N) is 4. The third kappa shape index (κ3) is 4.06. The fourth-order valence-electron chi connectivity index (χ4n) is 3.19. The first-order valence-corrected chi connectivity index (χ1v) is 11.3. The summed E-state index contributed by atoms with van der Waals surface area (Å²) in [5.74, 6) is 1.39. The van der Waals surface area contributed by atoms with Crippen LogP contribution >= 0.6 is 34.4 Å². The number of anilines is 1. The van der Waals surface area contributed by atoms with Crippen molar-refractivity contribution in [1.29, 1.82) is 0 Å². The van der Waals surface area contributed by atoms with Crippen molar-refractivity contribution in [2.75, 3.05) is 18.9 Å². The molecule has 0 unspecified atom stereocenters. The number of ether oxygens (including phenoxy) is 1. The van der Waals surface area contributed by atoms with E-state index in [0.717, 1.165) is 54.0 Å². The molecule has 0 amide bonds. The van der Waals surface area contributed by atoms with E-state index in [4.69, 9.17) is 15.5 Å². The van der Waals surface area contributed by atoms with E-state index < -0.39 is 0 Å². The standard InChI is InChI=1S/C19H23IN6OS/c1-11(2)22-5-3-6-26-18-16(17(21)23-10-24-18)25-19(26)28-15-9-14-12(4-7-27-14)8-13(15)20/h8-11,22H,3-7H2,1-2H3,(H2,21,23,24)/i20+4. The Labute approximate surface area is 182 Å². The van der Waals surface area contributed by atoms with Gasteiger partial charge in [0, 0.05) is 27.5 Å². The number of nitrogen functional groups attached to an aromatic ring is 1. The predicted molar refractivity (Wildman–Crippen MR) is 120 cm³/mol. The molecule has 1 aliphatic rings. The highest BCUT2D eigenvalue weighted by Crippen LogP contribution is 2.38. The molecule has 148 valence electrons. The lowest BCUT2D eigenvalue weighted by atomic mass is 10.2. The van der Waals surface area contributed by atoms with Crippen LogP contribution in [-0.4, -0.2) is 38.7 Å². The number of hydrogen-bond donors (Lipinski definition) is 2. The van der Waals surface area contributed by atoms with Crippen LogP contribution in [0.1, 0.15) is 25.8 Å². The Kier molecular flexibility index (Phi) is 5.93. The molecule has 0 aliphatic carbocycles. The SMILES string of the molecule is CC(C)NCCCn1c(Sc2cc3c(cc2[131I])CCO3)nc2c(N)ncnc21. The molecule has 0 atom stereocenters. The van der Waals surface area contributed by atoms with Crippen LogP contribution < -0.4 is 15.8 Å². The number of halogens is 1. The Hall–Kier alpha value is -1.59. The molecule has 0 fully saturated rings. The fourth-order valence-corrected chi connectivity index (χ4v) is 5.00. The normalized spacial score (nSPS) is 13.3. The van der Waals surface area contributed by atoms with Crippen molar-refractivity contribution in [1.82, 2.24) is 24.8 Å². The van der Waals surface area contributed by atoms with Gasteiger partial charge in [-0.1, -0.05) is 25.6 Å². The monoisotopic (exact) mass is 514 g/mol. The quantitative estimate of drug-likeness (QED) is 0.369. The molecule has 7 nitrogen and oxygen atoms in total. The van der Waals surface area contributed by atoms with Gasteiger partial charge in [0.1, 0.15) is 12.1 Å². The summed E-state index contributed by atoms with van der Waals surface area (Å²) < 4.78 is 9.09. The van der Waals surface area contributed by atoms with Crippen LogP contribution in [0.2, 0.25) is 0 Å². The van der Waals surface area contributed by atoms with E-state index in [1.165, 1.54) is 15.5 Å². The number of nitrogens with two attached hydrogens (primary N) is 1. The molecule has 0 radical (unpaired) electrons. The van der Waals surface area contributed by atoms with Crippen LogP contribution in [0.4, 0.5) is 5.82 Å². The minimum absolute atomic E-state index is 0.415. The molecular formula is C19H23IN6OS. The first-order chi connectivity index (χ1) is 13.5. The summed E-state index contributed by atoms with van der Waals surface area (Å²) in [6.07, 6.45) is 3.46. The van der Waals surface area contributed by atoms with Gasteiger partial charge >= 0.3 is 0 Å². The number of aromatic nitrogens is 4. The average Bonchev–Trinajstić information content (AvgIpc) is 3.24. The predicted octanol–water partition coefficient (Wildman–Crippen LogP) is 3.49. The van der Waals surface area contributed by atoms with E-state index in [0.29, 0.717) is 17.4 Å². The minimum atomic E-state index is 0.415. The number of benzene rings is 1. The Morgan fingerprint density at radius 2 is 2.21 bits per heavy atom. The summed E-state index contributed by atoms with van der Waals surface area (Å²) in [4.78, 5) is 14.4. The maximum absolute atomic E-state index is 6.06. The lowest BCUT2D eigenvalue weighted by molar-refractivity contribution is 0.356. The molecule has 1 aliphatic heterocycles. The van der Waals surface area contributed by atoms with Crippen molar-refractivity contribution in [3.05, 3.63) is 27.6 Å². The number of nitrogens with one attached hydrogen (secondary N) is 1. The van der Waals surface area contributed by atoms with Gasteiger partial charge in [0.05, 0.1) is 6.61 Å². The van der Waals surface area contributed by atoms with Crippen LogP contribution in [0, 0.1) is 3.57 Å². The van der Waals surface area contributed by atoms with E-state index in [1.54, 1.807) is 11.8 Å². The van der Waals surface area contributed by atoms with Gasteiger partial charge in [0.25, 0.3) is 0 Å². The average molecular weight is 514 g/mol. The summed E-state index contributed by atoms with van der Waals surface area (Å²) in [6.45, 7) is 6.81. The van der Waals surface area contributed by atoms with Crippen LogP contribution in [-0.2, 0) is 13.0 Å². The summed E-state index contributed by atoms with van der Waals surface area (Å²) in [6, 6.07) is 4.80. The molecule has 0 spiro atoms. The van der Waals surface area contributed by atoms with E-state index >= 15 is 0 Å². The number of imidazole rings is 1. The van der Waals surface area contributed by atoms with Crippen LogP contribution in [0.3, 0.4) is 0 Å². The molecule has 28 heavy (non-hydrogen) atoms. The zero-order valence-corrected chi connectivity index (χ0v) is 18.9. The fraction of sp³-hybridized carbons (Fsp3) is 0.421. The summed E-state index contributed by atoms with van der Waals surface area (Å²) >= 11 is 4.01. The second-order valence-corrected chi connectivity index (χ2v) is 9.20. The minimum Gasteiger partial charge on any atom is -0.493 e. The summed E-state index contributed by atoms with van der Waals surface area (Å²) in [7, 11) is 0. The zero-order chi connectivity index (χ0) is 19.7. The van der Waals surface area contributed by atoms with Crippen molar-refractivity contribution < 1.29 is 4.74 Å². The zero-order valence-electron chi connectivity index (χ0n) is 15.9. The molecule has 3 N–H and O–H groups in total. The van der Waals surface area contributed by atoms with Crippen molar-refractivity contribution in [3.8, 4) is 5.75 Å². The van der Waals surface area contributed by atoms with Gasteiger partial charge in [-0.2, -0.15) is 0 Å². The third-order valence-electron chi connectivity index (χ3n) is 4.58. The van der Waals surface area contributed by atoms with Crippen molar-refractivity contribution in [2.24, 2.45) is 0 Å². The van der Waals surface area contributed by atoms with Crippen LogP contribution in [0.15, 0.2) is 28.5 Å². The summed E-state index contributed by atoms with van der Waals surface area (Å²) in [5, 5.41) is 4.34. The number of aryl methyl sites for hydroxylation is 1. The van der Waals surface area contributed by atoms with Crippen molar-refractivity contribution in [2.45, 2.75) is 49.3 Å². The maximum Gasteiger partial charge on any atom is 0.175 e. The Bertz CT molecular complexity index is 1010. The Morgan fingerprint density at radius 3 is 3.04 bits per heavy atom. The van der Waals surface area contributed by atoms with Gasteiger partial charge in [0.15, 0.2) is 22.1 Å². The highest BCUT2D eigenvalue weighted by molar-refractivity contribution is 14.1. The van der Waals surface area contributed by atoms with Gasteiger partial charge in [0.2, 0.25) is 0 Å². The second kappa shape index (κ2) is 8.42. The van der Waals surface area contributed by atoms with E-state index in [9.17, 15) is 0 Å². The molecule has 3 heterocycles. The molecule has 3 aromatic rings. The van der Waals surface area contributed by atoms with E-state index in [1.807, 2.05) is 0 Å². The second-order valence-electron chi connectivity index (χ2n) is 7.03. The molecule has 9 heteroatoms. The van der Waals surface area contributed by atoms with Gasteiger partial charge in [-0.3, -0.25) is 0 Å².